The second kappa shape index (κ2) is 6.08. The molecule has 142 valence electrons. The summed E-state index contributed by atoms with van der Waals surface area (Å²) in [6, 6.07) is -0.149. The van der Waals surface area contributed by atoms with Crippen LogP contribution in [0.1, 0.15) is 57.3 Å². The molecule has 2 heterocycles. The SMILES string of the molecule is Cc1nccn1[C@H](C)C(=O)N1CCN(C23CC4CC(CC(C4)C2)C3)CC1. The zero-order valence-electron chi connectivity index (χ0n) is 16.2. The summed E-state index contributed by atoms with van der Waals surface area (Å²) >= 11 is 0. The fraction of sp³-hybridized carbons (Fsp3) is 0.810. The third-order valence-corrected chi connectivity index (χ3v) is 7.91. The highest BCUT2D eigenvalue weighted by atomic mass is 16.2. The lowest BCUT2D eigenvalue weighted by Crippen LogP contribution is -2.64. The van der Waals surface area contributed by atoms with E-state index in [4.69, 9.17) is 0 Å². The highest BCUT2D eigenvalue weighted by molar-refractivity contribution is 5.80. The zero-order valence-corrected chi connectivity index (χ0v) is 16.2. The molecular formula is C21H32N4O. The molecule has 0 aromatic carbocycles. The molecule has 5 nitrogen and oxygen atoms in total. The molecule has 5 heteroatoms. The van der Waals surface area contributed by atoms with Crippen LogP contribution in [0, 0.1) is 24.7 Å². The van der Waals surface area contributed by atoms with Gasteiger partial charge in [0.05, 0.1) is 0 Å². The van der Waals surface area contributed by atoms with E-state index in [0.29, 0.717) is 5.54 Å². The number of aromatic nitrogens is 2. The summed E-state index contributed by atoms with van der Waals surface area (Å²) < 4.78 is 1.99. The Labute approximate surface area is 156 Å². The third kappa shape index (κ3) is 2.62. The van der Waals surface area contributed by atoms with Crippen LogP contribution in [0.5, 0.6) is 0 Å². The van der Waals surface area contributed by atoms with Crippen molar-refractivity contribution in [3.8, 4) is 0 Å². The van der Waals surface area contributed by atoms with Crippen LogP contribution in [0.25, 0.3) is 0 Å². The quantitative estimate of drug-likeness (QED) is 0.836. The lowest BCUT2D eigenvalue weighted by molar-refractivity contribution is -0.141. The number of imidazole rings is 1. The average Bonchev–Trinajstić information content (AvgIpc) is 3.05. The molecule has 6 rings (SSSR count). The second-order valence-corrected chi connectivity index (χ2v) is 9.51. The molecule has 0 unspecified atom stereocenters. The summed E-state index contributed by atoms with van der Waals surface area (Å²) in [7, 11) is 0. The van der Waals surface area contributed by atoms with Gasteiger partial charge in [0.25, 0.3) is 0 Å². The van der Waals surface area contributed by atoms with E-state index < -0.39 is 0 Å². The lowest BCUT2D eigenvalue weighted by Gasteiger charge is -2.61. The van der Waals surface area contributed by atoms with Gasteiger partial charge in [-0.3, -0.25) is 9.69 Å². The highest BCUT2D eigenvalue weighted by Gasteiger charge is 2.53. The lowest BCUT2D eigenvalue weighted by atomic mass is 9.52. The van der Waals surface area contributed by atoms with Crippen molar-refractivity contribution >= 4 is 5.91 Å². The number of carbonyl (C=O) groups excluding carboxylic acids is 1. The Morgan fingerprint density at radius 1 is 1.08 bits per heavy atom. The first-order valence-corrected chi connectivity index (χ1v) is 10.6. The number of amides is 1. The number of hydrogen-bond acceptors (Lipinski definition) is 3. The third-order valence-electron chi connectivity index (χ3n) is 7.91. The van der Waals surface area contributed by atoms with Crippen molar-refractivity contribution < 1.29 is 4.79 Å². The van der Waals surface area contributed by atoms with Crippen molar-refractivity contribution in [3.63, 3.8) is 0 Å². The van der Waals surface area contributed by atoms with E-state index in [1.165, 1.54) is 38.5 Å². The fourth-order valence-corrected chi connectivity index (χ4v) is 7.03. The van der Waals surface area contributed by atoms with Crippen molar-refractivity contribution in [1.82, 2.24) is 19.4 Å². The summed E-state index contributed by atoms with van der Waals surface area (Å²) in [4.78, 5) is 22.1. The van der Waals surface area contributed by atoms with E-state index in [1.54, 1.807) is 6.20 Å². The van der Waals surface area contributed by atoms with Gasteiger partial charge in [-0.05, 0) is 70.1 Å². The van der Waals surface area contributed by atoms with E-state index >= 15 is 0 Å². The Hall–Kier alpha value is -1.36. The fourth-order valence-electron chi connectivity index (χ4n) is 7.03. The van der Waals surface area contributed by atoms with Crippen LogP contribution >= 0.6 is 0 Å². The van der Waals surface area contributed by atoms with Gasteiger partial charge < -0.3 is 9.47 Å². The molecule has 26 heavy (non-hydrogen) atoms. The van der Waals surface area contributed by atoms with E-state index in [0.717, 1.165) is 49.8 Å². The highest BCUT2D eigenvalue weighted by Crippen LogP contribution is 2.57. The number of aryl methyl sites for hydroxylation is 1. The molecule has 0 N–H and O–H groups in total. The molecular weight excluding hydrogens is 324 g/mol. The van der Waals surface area contributed by atoms with Gasteiger partial charge in [0.15, 0.2) is 0 Å². The molecule has 1 aromatic heterocycles. The average molecular weight is 357 g/mol. The predicted molar refractivity (Wildman–Crippen MR) is 101 cm³/mol. The van der Waals surface area contributed by atoms with Crippen LogP contribution in [0.4, 0.5) is 0 Å². The Morgan fingerprint density at radius 2 is 1.65 bits per heavy atom. The first-order chi connectivity index (χ1) is 12.5. The molecule has 1 aromatic rings. The van der Waals surface area contributed by atoms with Crippen molar-refractivity contribution in [2.75, 3.05) is 26.2 Å². The topological polar surface area (TPSA) is 41.4 Å². The number of piperazine rings is 1. The van der Waals surface area contributed by atoms with Crippen LogP contribution in [0.2, 0.25) is 0 Å². The summed E-state index contributed by atoms with van der Waals surface area (Å²) in [5.41, 5.74) is 0.483. The molecule has 4 bridgehead atoms. The van der Waals surface area contributed by atoms with Crippen molar-refractivity contribution in [2.45, 2.75) is 64.0 Å². The summed E-state index contributed by atoms with van der Waals surface area (Å²) in [6.45, 7) is 7.87. The van der Waals surface area contributed by atoms with Crippen molar-refractivity contribution in [2.24, 2.45) is 17.8 Å². The van der Waals surface area contributed by atoms with Crippen LogP contribution in [0.15, 0.2) is 12.4 Å². The predicted octanol–water partition coefficient (Wildman–Crippen LogP) is 2.87. The minimum Gasteiger partial charge on any atom is -0.338 e. The van der Waals surface area contributed by atoms with E-state index in [9.17, 15) is 4.79 Å². The molecule has 1 amide bonds. The van der Waals surface area contributed by atoms with Gasteiger partial charge in [-0.2, -0.15) is 0 Å². The summed E-state index contributed by atoms with van der Waals surface area (Å²) in [5, 5.41) is 0. The summed E-state index contributed by atoms with van der Waals surface area (Å²) in [5.74, 6) is 4.13. The van der Waals surface area contributed by atoms with Crippen molar-refractivity contribution in [3.05, 3.63) is 18.2 Å². The first kappa shape index (κ1) is 16.8. The molecule has 0 spiro atoms. The first-order valence-electron chi connectivity index (χ1n) is 10.6. The molecule has 0 radical (unpaired) electrons. The molecule has 4 saturated carbocycles. The van der Waals surface area contributed by atoms with Crippen LogP contribution in [-0.2, 0) is 4.79 Å². The van der Waals surface area contributed by atoms with E-state index in [2.05, 4.69) is 14.8 Å². The maximum absolute atomic E-state index is 13.0. The molecule has 1 atom stereocenters. The van der Waals surface area contributed by atoms with Gasteiger partial charge in [-0.15, -0.1) is 0 Å². The van der Waals surface area contributed by atoms with Gasteiger partial charge in [-0.1, -0.05) is 0 Å². The van der Waals surface area contributed by atoms with Gasteiger partial charge in [0.2, 0.25) is 5.91 Å². The van der Waals surface area contributed by atoms with Crippen LogP contribution in [-0.4, -0.2) is 57.0 Å². The zero-order chi connectivity index (χ0) is 17.9. The number of rotatable bonds is 3. The normalized spacial score (nSPS) is 37.9. The van der Waals surface area contributed by atoms with E-state index in [-0.39, 0.29) is 11.9 Å². The van der Waals surface area contributed by atoms with E-state index in [1.807, 2.05) is 24.6 Å². The minimum absolute atomic E-state index is 0.149. The van der Waals surface area contributed by atoms with Gasteiger partial charge in [0.1, 0.15) is 11.9 Å². The van der Waals surface area contributed by atoms with Crippen LogP contribution in [0.3, 0.4) is 0 Å². The van der Waals surface area contributed by atoms with Gasteiger partial charge in [-0.25, -0.2) is 4.98 Å². The molecule has 4 aliphatic carbocycles. The maximum Gasteiger partial charge on any atom is 0.245 e. The molecule has 5 fully saturated rings. The Bertz CT molecular complexity index is 653. The largest absolute Gasteiger partial charge is 0.338 e. The number of hydrogen-bond donors (Lipinski definition) is 0. The Balaban J connectivity index is 1.24. The van der Waals surface area contributed by atoms with Gasteiger partial charge in [0, 0.05) is 44.1 Å². The monoisotopic (exact) mass is 356 g/mol. The number of nitrogens with zero attached hydrogens (tertiary/aromatic N) is 4. The Morgan fingerprint density at radius 3 is 2.15 bits per heavy atom. The standard InChI is InChI=1S/C21H32N4O/c1-15(25-4-3-22-16(25)2)20(26)23-5-7-24(8-6-23)21-12-17-9-18(13-21)11-19(10-17)14-21/h3-4,15,17-19H,5-14H2,1-2H3/t15-,17?,18?,19?,21?/m1/s1. The molecule has 1 aliphatic heterocycles. The smallest absolute Gasteiger partial charge is 0.245 e. The second-order valence-electron chi connectivity index (χ2n) is 9.51. The van der Waals surface area contributed by atoms with Gasteiger partial charge >= 0.3 is 0 Å². The van der Waals surface area contributed by atoms with Crippen molar-refractivity contribution in [1.29, 1.82) is 0 Å². The molecule has 1 saturated heterocycles. The van der Waals surface area contributed by atoms with Crippen LogP contribution < -0.4 is 0 Å². The molecule has 5 aliphatic rings. The minimum atomic E-state index is -0.149. The Kier molecular flexibility index (Phi) is 3.93. The maximum atomic E-state index is 13.0. The summed E-state index contributed by atoms with van der Waals surface area (Å²) in [6.07, 6.45) is 12.5. The number of carbonyl (C=O) groups is 1.